The van der Waals surface area contributed by atoms with Crippen molar-refractivity contribution in [3.63, 3.8) is 0 Å². The number of hydrogen-bond donors (Lipinski definition) is 3. The molecule has 3 N–H and O–H groups in total. The van der Waals surface area contributed by atoms with Crippen LogP contribution in [-0.2, 0) is 14.4 Å². The number of amides is 3. The van der Waals surface area contributed by atoms with Crippen molar-refractivity contribution in [3.8, 4) is 0 Å². The fraction of sp³-hybridized carbons (Fsp3) is 0.875. The van der Waals surface area contributed by atoms with Crippen molar-refractivity contribution in [3.05, 3.63) is 0 Å². The Labute approximate surface area is 196 Å². The van der Waals surface area contributed by atoms with E-state index in [1.165, 1.54) is 0 Å². The molecular formula is C24H41N3O4S. The normalized spacial score (nSPS) is 34.1. The number of nitrogens with one attached hydrogen (secondary N) is 2. The molecule has 0 aromatic heterocycles. The molecule has 2 bridgehead atoms. The molecule has 7 nitrogen and oxygen atoms in total. The second-order valence-corrected chi connectivity index (χ2v) is 13.8. The summed E-state index contributed by atoms with van der Waals surface area (Å²) in [6, 6.07) is -0.598. The summed E-state index contributed by atoms with van der Waals surface area (Å²) in [6.07, 6.45) is 3.59. The molecule has 3 amide bonds. The molecule has 3 saturated heterocycles. The third-order valence-electron chi connectivity index (χ3n) is 7.29. The highest BCUT2D eigenvalue weighted by molar-refractivity contribution is 8.02. The Morgan fingerprint density at radius 1 is 1.16 bits per heavy atom. The van der Waals surface area contributed by atoms with Crippen molar-refractivity contribution < 1.29 is 19.5 Å². The van der Waals surface area contributed by atoms with E-state index in [0.717, 1.165) is 19.3 Å². The topological polar surface area (TPSA) is 98.7 Å². The number of aliphatic hydroxyl groups excluding tert-OH is 1. The maximum Gasteiger partial charge on any atom is 0.244 e. The van der Waals surface area contributed by atoms with Crippen LogP contribution in [0.1, 0.15) is 73.6 Å². The van der Waals surface area contributed by atoms with E-state index in [2.05, 4.69) is 38.3 Å². The third kappa shape index (κ3) is 4.29. The van der Waals surface area contributed by atoms with Crippen molar-refractivity contribution in [2.24, 2.45) is 17.3 Å². The molecule has 32 heavy (non-hydrogen) atoms. The highest BCUT2D eigenvalue weighted by Gasteiger charge is 2.77. The lowest BCUT2D eigenvalue weighted by Gasteiger charge is -2.38. The highest BCUT2D eigenvalue weighted by atomic mass is 32.2. The van der Waals surface area contributed by atoms with Gasteiger partial charge < -0.3 is 20.6 Å². The molecule has 3 fully saturated rings. The smallest absolute Gasteiger partial charge is 0.244 e. The molecule has 0 saturated carbocycles. The number of fused-ring (bicyclic) bond motifs is 1. The third-order valence-corrected chi connectivity index (χ3v) is 9.28. The summed E-state index contributed by atoms with van der Waals surface area (Å²) in [5, 5.41) is 15.3. The van der Waals surface area contributed by atoms with Gasteiger partial charge in [-0.3, -0.25) is 14.4 Å². The van der Waals surface area contributed by atoms with Crippen LogP contribution in [0, 0.1) is 17.3 Å². The van der Waals surface area contributed by atoms with Crippen molar-refractivity contribution >= 4 is 29.5 Å². The quantitative estimate of drug-likeness (QED) is 0.476. The Bertz CT molecular complexity index is 780. The molecule has 3 aliphatic heterocycles. The molecule has 5 atom stereocenters. The molecule has 0 aromatic carbocycles. The van der Waals surface area contributed by atoms with Gasteiger partial charge in [0.2, 0.25) is 17.7 Å². The first-order valence-electron chi connectivity index (χ1n) is 11.9. The Morgan fingerprint density at radius 3 is 2.38 bits per heavy atom. The molecule has 3 aliphatic rings. The lowest BCUT2D eigenvalue weighted by Crippen LogP contribution is -2.58. The Kier molecular flexibility index (Phi) is 6.73. The molecule has 3 heterocycles. The minimum absolute atomic E-state index is 0.0439. The summed E-state index contributed by atoms with van der Waals surface area (Å²) in [6.45, 7) is 13.1. The monoisotopic (exact) mass is 467 g/mol. The SMILES string of the molecule is CNC(=O)[C@@H]1[C@H]2C(=O)N(CCCCO)C(C(=O)NC(C)(C)CC(C)(C)C)C23CC[C@@]1(C)S3. The molecule has 3 rings (SSSR count). The van der Waals surface area contributed by atoms with Crippen LogP contribution < -0.4 is 10.6 Å². The van der Waals surface area contributed by atoms with Gasteiger partial charge in [0.1, 0.15) is 6.04 Å². The van der Waals surface area contributed by atoms with Gasteiger partial charge in [-0.2, -0.15) is 0 Å². The average Bonchev–Trinajstić information content (AvgIpc) is 3.20. The molecule has 0 radical (unpaired) electrons. The second kappa shape index (κ2) is 8.49. The molecular weight excluding hydrogens is 426 g/mol. The first kappa shape index (κ1) is 25.3. The highest BCUT2D eigenvalue weighted by Crippen LogP contribution is 2.71. The zero-order valence-electron chi connectivity index (χ0n) is 20.7. The number of carbonyl (C=O) groups excluding carboxylic acids is 3. The summed E-state index contributed by atoms with van der Waals surface area (Å²) in [7, 11) is 1.62. The number of thioether (sulfide) groups is 1. The van der Waals surface area contributed by atoms with Crippen LogP contribution in [0.15, 0.2) is 0 Å². The zero-order chi connectivity index (χ0) is 24.1. The number of unbranched alkanes of at least 4 members (excludes halogenated alkanes) is 1. The predicted octanol–water partition coefficient (Wildman–Crippen LogP) is 2.32. The molecule has 0 aromatic rings. The van der Waals surface area contributed by atoms with Crippen LogP contribution in [0.2, 0.25) is 0 Å². The van der Waals surface area contributed by atoms with Crippen LogP contribution in [0.5, 0.6) is 0 Å². The number of aliphatic hydroxyl groups is 1. The van der Waals surface area contributed by atoms with Gasteiger partial charge in [0.25, 0.3) is 0 Å². The van der Waals surface area contributed by atoms with E-state index in [1.807, 2.05) is 13.8 Å². The van der Waals surface area contributed by atoms with Crippen molar-refractivity contribution in [2.75, 3.05) is 20.2 Å². The first-order chi connectivity index (χ1) is 14.7. The fourth-order valence-corrected chi connectivity index (χ4v) is 9.05. The Morgan fingerprint density at radius 2 is 1.81 bits per heavy atom. The van der Waals surface area contributed by atoms with Gasteiger partial charge in [0, 0.05) is 30.5 Å². The van der Waals surface area contributed by atoms with Gasteiger partial charge in [0.15, 0.2) is 0 Å². The van der Waals surface area contributed by atoms with E-state index in [-0.39, 0.29) is 34.5 Å². The maximum absolute atomic E-state index is 13.8. The number of hydrogen-bond acceptors (Lipinski definition) is 5. The number of rotatable bonds is 8. The van der Waals surface area contributed by atoms with Crippen molar-refractivity contribution in [1.82, 2.24) is 15.5 Å². The molecule has 2 unspecified atom stereocenters. The minimum atomic E-state index is -0.598. The number of likely N-dealkylation sites (tertiary alicyclic amines) is 1. The summed E-state index contributed by atoms with van der Waals surface area (Å²) in [5.74, 6) is -1.22. The van der Waals surface area contributed by atoms with Gasteiger partial charge in [-0.1, -0.05) is 20.8 Å². The first-order valence-corrected chi connectivity index (χ1v) is 12.7. The van der Waals surface area contributed by atoms with Crippen LogP contribution in [0.25, 0.3) is 0 Å². The molecule has 182 valence electrons. The second-order valence-electron chi connectivity index (χ2n) is 11.9. The van der Waals surface area contributed by atoms with Gasteiger partial charge in [0.05, 0.1) is 16.6 Å². The summed E-state index contributed by atoms with van der Waals surface area (Å²) in [4.78, 5) is 42.2. The van der Waals surface area contributed by atoms with Crippen LogP contribution in [0.4, 0.5) is 0 Å². The lowest BCUT2D eigenvalue weighted by atomic mass is 9.66. The van der Waals surface area contributed by atoms with Gasteiger partial charge in [-0.15, -0.1) is 11.8 Å². The average molecular weight is 468 g/mol. The summed E-state index contributed by atoms with van der Waals surface area (Å²) < 4.78 is -0.915. The van der Waals surface area contributed by atoms with E-state index >= 15 is 0 Å². The molecule has 8 heteroatoms. The van der Waals surface area contributed by atoms with Crippen LogP contribution >= 0.6 is 11.8 Å². The lowest BCUT2D eigenvalue weighted by molar-refractivity contribution is -0.140. The molecule has 1 spiro atoms. The van der Waals surface area contributed by atoms with E-state index in [4.69, 9.17) is 0 Å². The van der Waals surface area contributed by atoms with Gasteiger partial charge >= 0.3 is 0 Å². The Balaban J connectivity index is 1.97. The minimum Gasteiger partial charge on any atom is -0.396 e. The Hall–Kier alpha value is -1.28. The fourth-order valence-electron chi connectivity index (χ4n) is 6.69. The standard InChI is InChI=1S/C24H41N3O4S/c1-21(2,3)14-22(4,5)26-19(30)17-24-11-10-23(6,32-24)15(18(29)25-7)16(24)20(31)27(17)12-8-9-13-28/h15-17,28H,8-14H2,1-7H3,(H,25,29)(H,26,30)/t15-,16-,17?,23+,24?/m0/s1. The van der Waals surface area contributed by atoms with E-state index in [1.54, 1.807) is 23.7 Å². The van der Waals surface area contributed by atoms with E-state index in [0.29, 0.717) is 19.4 Å². The van der Waals surface area contributed by atoms with Crippen LogP contribution in [0.3, 0.4) is 0 Å². The number of nitrogens with zero attached hydrogens (tertiary/aromatic N) is 1. The van der Waals surface area contributed by atoms with Gasteiger partial charge in [-0.05, 0) is 58.3 Å². The largest absolute Gasteiger partial charge is 0.396 e. The predicted molar refractivity (Wildman–Crippen MR) is 127 cm³/mol. The molecule has 0 aliphatic carbocycles. The number of carbonyl (C=O) groups is 3. The zero-order valence-corrected chi connectivity index (χ0v) is 21.5. The van der Waals surface area contributed by atoms with Crippen LogP contribution in [-0.4, -0.2) is 69.0 Å². The van der Waals surface area contributed by atoms with E-state index < -0.39 is 28.2 Å². The summed E-state index contributed by atoms with van der Waals surface area (Å²) >= 11 is 1.69. The van der Waals surface area contributed by atoms with E-state index in [9.17, 15) is 19.5 Å². The van der Waals surface area contributed by atoms with Crippen molar-refractivity contribution in [1.29, 1.82) is 0 Å². The van der Waals surface area contributed by atoms with Gasteiger partial charge in [-0.25, -0.2) is 0 Å². The maximum atomic E-state index is 13.8. The van der Waals surface area contributed by atoms with Crippen molar-refractivity contribution in [2.45, 2.75) is 94.7 Å². The summed E-state index contributed by atoms with van der Waals surface area (Å²) in [5.41, 5.74) is -0.377.